The highest BCUT2D eigenvalue weighted by Gasteiger charge is 2.27. The molecule has 0 aliphatic carbocycles. The largest absolute Gasteiger partial charge is 0.454 e. The van der Waals surface area contributed by atoms with Crippen LogP contribution in [-0.2, 0) is 19.1 Å². The van der Waals surface area contributed by atoms with Gasteiger partial charge in [-0.3, -0.25) is 4.79 Å². The SMILES string of the molecule is C/C=C/[C@@H]1OC(=O)C=C[C@H]1OC(=O)CCC(C)CC(C)CCCCCC. The highest BCUT2D eigenvalue weighted by atomic mass is 16.6. The Kier molecular flexibility index (Phi) is 11.0. The van der Waals surface area contributed by atoms with E-state index in [1.807, 2.05) is 6.92 Å². The summed E-state index contributed by atoms with van der Waals surface area (Å²) in [7, 11) is 0. The van der Waals surface area contributed by atoms with E-state index in [2.05, 4.69) is 20.8 Å². The second kappa shape index (κ2) is 12.7. The Balaban J connectivity index is 2.30. The van der Waals surface area contributed by atoms with Crippen LogP contribution in [0.25, 0.3) is 0 Å². The van der Waals surface area contributed by atoms with Gasteiger partial charge in [-0.1, -0.05) is 59.0 Å². The van der Waals surface area contributed by atoms with Crippen molar-refractivity contribution in [3.05, 3.63) is 24.3 Å². The molecule has 1 aliphatic rings. The summed E-state index contributed by atoms with van der Waals surface area (Å²) in [4.78, 5) is 23.5. The van der Waals surface area contributed by atoms with E-state index in [9.17, 15) is 9.59 Å². The van der Waals surface area contributed by atoms with Gasteiger partial charge in [0.25, 0.3) is 0 Å². The molecule has 0 amide bonds. The van der Waals surface area contributed by atoms with Gasteiger partial charge in [0.1, 0.15) is 0 Å². The van der Waals surface area contributed by atoms with Gasteiger partial charge < -0.3 is 9.47 Å². The number of hydrogen-bond donors (Lipinski definition) is 0. The van der Waals surface area contributed by atoms with E-state index in [4.69, 9.17) is 9.47 Å². The molecule has 4 heteroatoms. The van der Waals surface area contributed by atoms with Gasteiger partial charge in [0.05, 0.1) is 0 Å². The monoisotopic (exact) mass is 364 g/mol. The van der Waals surface area contributed by atoms with Crippen molar-refractivity contribution in [3.8, 4) is 0 Å². The maximum Gasteiger partial charge on any atom is 0.331 e. The molecule has 0 aromatic rings. The molecule has 1 rings (SSSR count). The second-order valence-electron chi connectivity index (χ2n) is 7.57. The first-order valence-corrected chi connectivity index (χ1v) is 10.2. The number of unbranched alkanes of at least 4 members (excludes halogenated alkanes) is 3. The molecule has 0 aromatic heterocycles. The Hall–Kier alpha value is -1.58. The summed E-state index contributed by atoms with van der Waals surface area (Å²) in [6.45, 7) is 8.60. The van der Waals surface area contributed by atoms with E-state index >= 15 is 0 Å². The molecule has 1 aliphatic heterocycles. The standard InChI is InChI=1S/C22H36O4/c1-5-7-8-9-11-17(3)16-18(4)12-14-21(23)26-20-13-15-22(24)25-19(20)10-6-2/h6,10,13,15,17-20H,5,7-9,11-12,14,16H2,1-4H3/b10-6+/t17?,18?,19-,20+/m0/s1. The number of cyclic esters (lactones) is 1. The quantitative estimate of drug-likeness (QED) is 0.265. The number of carbonyl (C=O) groups excluding carboxylic acids is 2. The van der Waals surface area contributed by atoms with E-state index in [1.165, 1.54) is 38.2 Å². The minimum absolute atomic E-state index is 0.227. The van der Waals surface area contributed by atoms with Crippen LogP contribution in [0.4, 0.5) is 0 Å². The molecular weight excluding hydrogens is 328 g/mol. The Morgan fingerprint density at radius 1 is 1.23 bits per heavy atom. The molecule has 0 spiro atoms. The zero-order valence-corrected chi connectivity index (χ0v) is 16.9. The molecule has 148 valence electrons. The molecule has 0 saturated heterocycles. The third-order valence-electron chi connectivity index (χ3n) is 4.84. The number of esters is 2. The van der Waals surface area contributed by atoms with Crippen LogP contribution in [0.5, 0.6) is 0 Å². The number of rotatable bonds is 12. The maximum absolute atomic E-state index is 12.2. The highest BCUT2D eigenvalue weighted by molar-refractivity contribution is 5.83. The van der Waals surface area contributed by atoms with Crippen molar-refractivity contribution in [2.45, 2.75) is 91.3 Å². The van der Waals surface area contributed by atoms with Gasteiger partial charge in [0.2, 0.25) is 0 Å². The fourth-order valence-corrected chi connectivity index (χ4v) is 3.39. The summed E-state index contributed by atoms with van der Waals surface area (Å²) >= 11 is 0. The first-order valence-electron chi connectivity index (χ1n) is 10.2. The van der Waals surface area contributed by atoms with Crippen molar-refractivity contribution in [2.75, 3.05) is 0 Å². The molecule has 4 nitrogen and oxygen atoms in total. The van der Waals surface area contributed by atoms with Crippen molar-refractivity contribution >= 4 is 11.9 Å². The van der Waals surface area contributed by atoms with E-state index < -0.39 is 18.2 Å². The summed E-state index contributed by atoms with van der Waals surface area (Å²) in [5.41, 5.74) is 0. The van der Waals surface area contributed by atoms with Gasteiger partial charge in [-0.2, -0.15) is 0 Å². The molecule has 0 radical (unpaired) electrons. The van der Waals surface area contributed by atoms with Crippen LogP contribution < -0.4 is 0 Å². The third kappa shape index (κ3) is 9.21. The summed E-state index contributed by atoms with van der Waals surface area (Å²) in [5.74, 6) is 0.587. The zero-order chi connectivity index (χ0) is 19.4. The van der Waals surface area contributed by atoms with Gasteiger partial charge in [0.15, 0.2) is 12.2 Å². The first kappa shape index (κ1) is 22.5. The smallest absolute Gasteiger partial charge is 0.331 e. The lowest BCUT2D eigenvalue weighted by molar-refractivity contribution is -0.160. The number of ether oxygens (including phenoxy) is 2. The average Bonchev–Trinajstić information content (AvgIpc) is 2.59. The highest BCUT2D eigenvalue weighted by Crippen LogP contribution is 2.22. The Bertz CT molecular complexity index is 481. The maximum atomic E-state index is 12.2. The van der Waals surface area contributed by atoms with E-state index in [1.54, 1.807) is 18.2 Å². The molecule has 0 saturated carbocycles. The summed E-state index contributed by atoms with van der Waals surface area (Å²) in [6, 6.07) is 0. The molecule has 0 bridgehead atoms. The van der Waals surface area contributed by atoms with Crippen LogP contribution in [0.3, 0.4) is 0 Å². The Morgan fingerprint density at radius 2 is 1.96 bits per heavy atom. The predicted molar refractivity (Wildman–Crippen MR) is 105 cm³/mol. The van der Waals surface area contributed by atoms with Gasteiger partial charge in [-0.25, -0.2) is 4.79 Å². The van der Waals surface area contributed by atoms with E-state index in [0.717, 1.165) is 12.8 Å². The molecule has 4 atom stereocenters. The van der Waals surface area contributed by atoms with Gasteiger partial charge in [0, 0.05) is 12.5 Å². The first-order chi connectivity index (χ1) is 12.5. The number of carbonyl (C=O) groups is 2. The average molecular weight is 365 g/mol. The topological polar surface area (TPSA) is 52.6 Å². The minimum atomic E-state index is -0.526. The van der Waals surface area contributed by atoms with Gasteiger partial charge in [-0.05, 0) is 43.8 Å². The van der Waals surface area contributed by atoms with Crippen LogP contribution >= 0.6 is 0 Å². The summed E-state index contributed by atoms with van der Waals surface area (Å²) in [6.07, 6.45) is 14.3. The molecule has 26 heavy (non-hydrogen) atoms. The summed E-state index contributed by atoms with van der Waals surface area (Å²) in [5, 5.41) is 0. The van der Waals surface area contributed by atoms with Crippen molar-refractivity contribution < 1.29 is 19.1 Å². The Morgan fingerprint density at radius 3 is 2.65 bits per heavy atom. The molecule has 2 unspecified atom stereocenters. The molecule has 0 N–H and O–H groups in total. The van der Waals surface area contributed by atoms with Crippen LogP contribution in [-0.4, -0.2) is 24.1 Å². The van der Waals surface area contributed by atoms with Crippen molar-refractivity contribution in [1.82, 2.24) is 0 Å². The van der Waals surface area contributed by atoms with Crippen molar-refractivity contribution in [3.63, 3.8) is 0 Å². The number of hydrogen-bond acceptors (Lipinski definition) is 4. The van der Waals surface area contributed by atoms with Gasteiger partial charge in [-0.15, -0.1) is 0 Å². The van der Waals surface area contributed by atoms with Crippen molar-refractivity contribution in [1.29, 1.82) is 0 Å². The van der Waals surface area contributed by atoms with Crippen LogP contribution in [0, 0.1) is 11.8 Å². The molecule has 1 heterocycles. The molecular formula is C22H36O4. The fourth-order valence-electron chi connectivity index (χ4n) is 3.39. The second-order valence-corrected chi connectivity index (χ2v) is 7.57. The predicted octanol–water partition coefficient (Wildman–Crippen LogP) is 5.37. The summed E-state index contributed by atoms with van der Waals surface area (Å²) < 4.78 is 10.7. The third-order valence-corrected chi connectivity index (χ3v) is 4.84. The van der Waals surface area contributed by atoms with Crippen LogP contribution in [0.1, 0.15) is 79.1 Å². The molecule has 0 fully saturated rings. The van der Waals surface area contributed by atoms with Crippen LogP contribution in [0.15, 0.2) is 24.3 Å². The van der Waals surface area contributed by atoms with E-state index in [-0.39, 0.29) is 5.97 Å². The number of allylic oxidation sites excluding steroid dienone is 1. The molecule has 0 aromatic carbocycles. The lowest BCUT2D eigenvalue weighted by atomic mass is 9.90. The Labute approximate surface area is 159 Å². The minimum Gasteiger partial charge on any atom is -0.454 e. The van der Waals surface area contributed by atoms with Crippen molar-refractivity contribution in [2.24, 2.45) is 11.8 Å². The zero-order valence-electron chi connectivity index (χ0n) is 16.9. The normalized spacial score (nSPS) is 22.2. The van der Waals surface area contributed by atoms with Gasteiger partial charge >= 0.3 is 11.9 Å². The fraction of sp³-hybridized carbons (Fsp3) is 0.727. The lowest BCUT2D eigenvalue weighted by Crippen LogP contribution is -2.35. The lowest BCUT2D eigenvalue weighted by Gasteiger charge is -2.25. The van der Waals surface area contributed by atoms with E-state index in [0.29, 0.717) is 18.3 Å². The van der Waals surface area contributed by atoms with Crippen LogP contribution in [0.2, 0.25) is 0 Å².